The van der Waals surface area contributed by atoms with Crippen LogP contribution in [0.25, 0.3) is 0 Å². The third-order valence-corrected chi connectivity index (χ3v) is 3.71. The van der Waals surface area contributed by atoms with Gasteiger partial charge in [0.25, 0.3) is 5.91 Å². The number of rotatable bonds is 8. The fraction of sp³-hybridized carbons (Fsp3) is 0.300. The molecule has 0 saturated heterocycles. The number of anilines is 1. The summed E-state index contributed by atoms with van der Waals surface area (Å²) in [4.78, 5) is 25.6. The normalized spacial score (nSPS) is 10.2. The van der Waals surface area contributed by atoms with E-state index in [9.17, 15) is 9.59 Å². The number of hydrogen-bond donors (Lipinski definition) is 2. The molecule has 0 aromatic heterocycles. The molecule has 2 aromatic carbocycles. The Morgan fingerprint density at radius 1 is 1.04 bits per heavy atom. The fourth-order valence-electron chi connectivity index (χ4n) is 2.29. The van der Waals surface area contributed by atoms with E-state index >= 15 is 0 Å². The molecule has 3 amide bonds. The lowest BCUT2D eigenvalue weighted by atomic mass is 10.2. The molecule has 0 aliphatic heterocycles. The summed E-state index contributed by atoms with van der Waals surface area (Å²) in [7, 11) is 4.99. The molecule has 0 saturated carbocycles. The zero-order valence-electron chi connectivity index (χ0n) is 15.8. The topological polar surface area (TPSA) is 79.9 Å². The van der Waals surface area contributed by atoms with E-state index in [0.29, 0.717) is 31.0 Å². The molecule has 27 heavy (non-hydrogen) atoms. The zero-order chi connectivity index (χ0) is 19.6. The van der Waals surface area contributed by atoms with Crippen LogP contribution in [0.2, 0.25) is 0 Å². The van der Waals surface area contributed by atoms with Gasteiger partial charge in [0.1, 0.15) is 12.4 Å². The van der Waals surface area contributed by atoms with Gasteiger partial charge in [-0.15, -0.1) is 0 Å². The predicted octanol–water partition coefficient (Wildman–Crippen LogP) is 2.74. The molecule has 7 nitrogen and oxygen atoms in total. The van der Waals surface area contributed by atoms with E-state index in [4.69, 9.17) is 9.47 Å². The van der Waals surface area contributed by atoms with E-state index in [1.165, 1.54) is 4.90 Å². The number of ether oxygens (including phenoxy) is 2. The van der Waals surface area contributed by atoms with Gasteiger partial charge in [-0.2, -0.15) is 0 Å². The van der Waals surface area contributed by atoms with Crippen molar-refractivity contribution in [2.75, 3.05) is 39.7 Å². The smallest absolute Gasteiger partial charge is 0.319 e. The maximum Gasteiger partial charge on any atom is 0.319 e. The van der Waals surface area contributed by atoms with Gasteiger partial charge in [-0.25, -0.2) is 4.79 Å². The van der Waals surface area contributed by atoms with Crippen LogP contribution in [0.15, 0.2) is 48.5 Å². The van der Waals surface area contributed by atoms with Crippen LogP contribution in [0.1, 0.15) is 15.9 Å². The van der Waals surface area contributed by atoms with Crippen molar-refractivity contribution in [2.45, 2.75) is 6.54 Å². The van der Waals surface area contributed by atoms with E-state index in [1.54, 1.807) is 45.5 Å². The molecule has 0 aliphatic rings. The Kier molecular flexibility index (Phi) is 7.63. The van der Waals surface area contributed by atoms with Crippen LogP contribution in [0.5, 0.6) is 5.75 Å². The number of urea groups is 1. The highest BCUT2D eigenvalue weighted by atomic mass is 16.5. The summed E-state index contributed by atoms with van der Waals surface area (Å²) in [6.07, 6.45) is 0. The van der Waals surface area contributed by atoms with Crippen molar-refractivity contribution in [3.05, 3.63) is 59.7 Å². The molecule has 0 heterocycles. The molecule has 0 unspecified atom stereocenters. The van der Waals surface area contributed by atoms with Gasteiger partial charge in [-0.05, 0) is 35.9 Å². The standard InChI is InChI=1S/C20H25N3O4/c1-23(2)19(24)16-5-4-6-17(13-16)22-20(25)21-14-15-7-9-18(10-8-15)27-12-11-26-3/h4-10,13H,11-12,14H2,1-3H3,(H2,21,22,25). The summed E-state index contributed by atoms with van der Waals surface area (Å²) < 4.78 is 10.4. The van der Waals surface area contributed by atoms with Crippen molar-refractivity contribution >= 4 is 17.6 Å². The molecule has 0 aliphatic carbocycles. The molecule has 0 radical (unpaired) electrons. The maximum absolute atomic E-state index is 12.1. The van der Waals surface area contributed by atoms with Crippen LogP contribution in [0, 0.1) is 0 Å². The summed E-state index contributed by atoms with van der Waals surface area (Å²) >= 11 is 0. The zero-order valence-corrected chi connectivity index (χ0v) is 15.8. The van der Waals surface area contributed by atoms with Gasteiger partial charge in [-0.1, -0.05) is 18.2 Å². The van der Waals surface area contributed by atoms with Crippen LogP contribution in [-0.4, -0.2) is 51.3 Å². The Morgan fingerprint density at radius 3 is 2.44 bits per heavy atom. The monoisotopic (exact) mass is 371 g/mol. The molecule has 2 N–H and O–H groups in total. The minimum absolute atomic E-state index is 0.119. The highest BCUT2D eigenvalue weighted by Gasteiger charge is 2.09. The number of benzene rings is 2. The quantitative estimate of drug-likeness (QED) is 0.699. The van der Waals surface area contributed by atoms with Gasteiger partial charge < -0.3 is 25.0 Å². The van der Waals surface area contributed by atoms with E-state index in [0.717, 1.165) is 11.3 Å². The predicted molar refractivity (Wildman–Crippen MR) is 104 cm³/mol. The molecule has 0 fully saturated rings. The fourth-order valence-corrected chi connectivity index (χ4v) is 2.29. The number of carbonyl (C=O) groups is 2. The van der Waals surface area contributed by atoms with Gasteiger partial charge in [0.2, 0.25) is 0 Å². The lowest BCUT2D eigenvalue weighted by molar-refractivity contribution is 0.0827. The van der Waals surface area contributed by atoms with Crippen molar-refractivity contribution < 1.29 is 19.1 Å². The number of nitrogens with zero attached hydrogens (tertiary/aromatic N) is 1. The second-order valence-corrected chi connectivity index (χ2v) is 6.07. The van der Waals surface area contributed by atoms with Crippen LogP contribution in [-0.2, 0) is 11.3 Å². The average molecular weight is 371 g/mol. The summed E-state index contributed by atoms with van der Waals surface area (Å²) in [5.41, 5.74) is 2.02. The Labute approximate surface area is 159 Å². The first-order chi connectivity index (χ1) is 13.0. The largest absolute Gasteiger partial charge is 0.491 e. The molecular weight excluding hydrogens is 346 g/mol. The molecule has 2 rings (SSSR count). The molecular formula is C20H25N3O4. The van der Waals surface area contributed by atoms with Crippen molar-refractivity contribution in [1.82, 2.24) is 10.2 Å². The Hall–Kier alpha value is -3.06. The van der Waals surface area contributed by atoms with Gasteiger partial charge in [0.05, 0.1) is 6.61 Å². The van der Waals surface area contributed by atoms with Gasteiger partial charge in [-0.3, -0.25) is 4.79 Å². The number of nitrogens with one attached hydrogen (secondary N) is 2. The SMILES string of the molecule is COCCOc1ccc(CNC(=O)Nc2cccc(C(=O)N(C)C)c2)cc1. The van der Waals surface area contributed by atoms with Gasteiger partial charge >= 0.3 is 6.03 Å². The third kappa shape index (κ3) is 6.63. The van der Waals surface area contributed by atoms with Crippen LogP contribution >= 0.6 is 0 Å². The van der Waals surface area contributed by atoms with E-state index in [-0.39, 0.29) is 11.9 Å². The van der Waals surface area contributed by atoms with Gasteiger partial charge in [0, 0.05) is 39.0 Å². The number of hydrogen-bond acceptors (Lipinski definition) is 4. The van der Waals surface area contributed by atoms with Crippen molar-refractivity contribution in [2.24, 2.45) is 0 Å². The maximum atomic E-state index is 12.1. The van der Waals surface area contributed by atoms with Crippen LogP contribution < -0.4 is 15.4 Å². The Balaban J connectivity index is 1.84. The van der Waals surface area contributed by atoms with Crippen molar-refractivity contribution in [1.29, 1.82) is 0 Å². The second-order valence-electron chi connectivity index (χ2n) is 6.07. The molecule has 144 valence electrons. The van der Waals surface area contributed by atoms with Crippen LogP contribution in [0.4, 0.5) is 10.5 Å². The first-order valence-corrected chi connectivity index (χ1v) is 8.57. The Morgan fingerprint density at radius 2 is 1.78 bits per heavy atom. The Bertz CT molecular complexity index is 760. The highest BCUT2D eigenvalue weighted by Crippen LogP contribution is 2.13. The van der Waals surface area contributed by atoms with Crippen LogP contribution in [0.3, 0.4) is 0 Å². The molecule has 2 aromatic rings. The summed E-state index contributed by atoms with van der Waals surface area (Å²) in [6, 6.07) is 14.0. The lowest BCUT2D eigenvalue weighted by Gasteiger charge is -2.12. The summed E-state index contributed by atoms with van der Waals surface area (Å²) in [6.45, 7) is 1.40. The average Bonchev–Trinajstić information content (AvgIpc) is 2.67. The summed E-state index contributed by atoms with van der Waals surface area (Å²) in [5.74, 6) is 0.634. The van der Waals surface area contributed by atoms with E-state index in [1.807, 2.05) is 24.3 Å². The third-order valence-electron chi connectivity index (χ3n) is 3.71. The first-order valence-electron chi connectivity index (χ1n) is 8.57. The summed E-state index contributed by atoms with van der Waals surface area (Å²) in [5, 5.41) is 5.52. The second kappa shape index (κ2) is 10.2. The molecule has 0 atom stereocenters. The van der Waals surface area contributed by atoms with E-state index < -0.39 is 0 Å². The first kappa shape index (κ1) is 20.3. The lowest BCUT2D eigenvalue weighted by Crippen LogP contribution is -2.28. The van der Waals surface area contributed by atoms with Crippen molar-refractivity contribution in [3.8, 4) is 5.75 Å². The minimum atomic E-state index is -0.343. The number of carbonyl (C=O) groups excluding carboxylic acids is 2. The van der Waals surface area contributed by atoms with E-state index in [2.05, 4.69) is 10.6 Å². The molecule has 0 bridgehead atoms. The minimum Gasteiger partial charge on any atom is -0.491 e. The highest BCUT2D eigenvalue weighted by molar-refractivity contribution is 5.96. The molecule has 0 spiro atoms. The number of methoxy groups -OCH3 is 1. The number of amides is 3. The molecule has 7 heteroatoms. The van der Waals surface area contributed by atoms with Gasteiger partial charge in [0.15, 0.2) is 0 Å². The van der Waals surface area contributed by atoms with Crippen molar-refractivity contribution in [3.63, 3.8) is 0 Å².